The highest BCUT2D eigenvalue weighted by Gasteiger charge is 2.10. The topological polar surface area (TPSA) is 103 Å². The van der Waals surface area contributed by atoms with Gasteiger partial charge in [-0.25, -0.2) is 9.67 Å². The number of hydrogen-bond acceptors (Lipinski definition) is 5. The number of fused-ring (bicyclic) bond motifs is 2. The van der Waals surface area contributed by atoms with Crippen molar-refractivity contribution in [1.29, 1.82) is 0 Å². The number of benzene rings is 1. The number of H-pyrrole nitrogens is 1. The van der Waals surface area contributed by atoms with Crippen molar-refractivity contribution in [3.8, 4) is 11.3 Å². The first-order valence-corrected chi connectivity index (χ1v) is 8.29. The Labute approximate surface area is 148 Å². The molecule has 0 aliphatic carbocycles. The number of aromatic amines is 1. The number of rotatable bonds is 4. The van der Waals surface area contributed by atoms with Crippen LogP contribution in [0.5, 0.6) is 0 Å². The van der Waals surface area contributed by atoms with Crippen LogP contribution in [0, 0.1) is 0 Å². The molecule has 3 N–H and O–H groups in total. The van der Waals surface area contributed by atoms with Gasteiger partial charge in [-0.3, -0.25) is 5.10 Å². The summed E-state index contributed by atoms with van der Waals surface area (Å²) < 4.78 is 3.78. The number of pyridine rings is 1. The highest BCUT2D eigenvalue weighted by Crippen LogP contribution is 2.25. The highest BCUT2D eigenvalue weighted by molar-refractivity contribution is 5.92. The molecular weight excluding hydrogens is 328 g/mol. The minimum absolute atomic E-state index is 0.509. The predicted octanol–water partition coefficient (Wildman–Crippen LogP) is 1.98. The van der Waals surface area contributed by atoms with Gasteiger partial charge in [-0.1, -0.05) is 23.4 Å². The van der Waals surface area contributed by atoms with Gasteiger partial charge in [0.15, 0.2) is 0 Å². The maximum absolute atomic E-state index is 5.70. The van der Waals surface area contributed by atoms with E-state index >= 15 is 0 Å². The molecule has 0 saturated carbocycles. The normalized spacial score (nSPS) is 11.6. The van der Waals surface area contributed by atoms with Gasteiger partial charge < -0.3 is 10.1 Å². The molecule has 5 rings (SSSR count). The van der Waals surface area contributed by atoms with Gasteiger partial charge in [0.25, 0.3) is 0 Å². The van der Waals surface area contributed by atoms with Crippen molar-refractivity contribution in [2.75, 3.05) is 0 Å². The van der Waals surface area contributed by atoms with Crippen molar-refractivity contribution >= 4 is 16.6 Å². The SMILES string of the molecule is NCc1ccc2nc(Cn3cc(-c4cccc5[nH]ncc45)nn3)cn2c1. The van der Waals surface area contributed by atoms with Crippen LogP contribution < -0.4 is 5.73 Å². The zero-order valence-corrected chi connectivity index (χ0v) is 13.9. The average Bonchev–Trinajstić information content (AvgIpc) is 3.39. The number of nitrogens with two attached hydrogens (primary N) is 1. The molecule has 26 heavy (non-hydrogen) atoms. The lowest BCUT2D eigenvalue weighted by molar-refractivity contribution is 0.641. The van der Waals surface area contributed by atoms with E-state index in [1.165, 1.54) is 0 Å². The fourth-order valence-electron chi connectivity index (χ4n) is 3.14. The van der Waals surface area contributed by atoms with E-state index in [1.807, 2.05) is 53.3 Å². The summed E-state index contributed by atoms with van der Waals surface area (Å²) in [5, 5.41) is 16.7. The molecule has 8 heteroatoms. The standard InChI is InChI=1S/C18H16N8/c19-6-12-4-5-18-21-13(9-25(18)8-12)10-26-11-17(23-24-26)14-2-1-3-16-15(14)7-20-22-16/h1-5,7-9,11H,6,10,19H2,(H,20,22). The van der Waals surface area contributed by atoms with E-state index in [2.05, 4.69) is 25.5 Å². The van der Waals surface area contributed by atoms with E-state index in [4.69, 9.17) is 5.73 Å². The second-order valence-corrected chi connectivity index (χ2v) is 6.18. The molecule has 8 nitrogen and oxygen atoms in total. The molecule has 0 saturated heterocycles. The second kappa shape index (κ2) is 5.78. The van der Waals surface area contributed by atoms with Crippen LogP contribution in [-0.4, -0.2) is 34.6 Å². The van der Waals surface area contributed by atoms with Crippen molar-refractivity contribution in [3.63, 3.8) is 0 Å². The van der Waals surface area contributed by atoms with Crippen LogP contribution in [0.3, 0.4) is 0 Å². The summed E-state index contributed by atoms with van der Waals surface area (Å²) >= 11 is 0. The van der Waals surface area contributed by atoms with Gasteiger partial charge in [0.2, 0.25) is 0 Å². The fraction of sp³-hybridized carbons (Fsp3) is 0.111. The first-order valence-electron chi connectivity index (χ1n) is 8.29. The van der Waals surface area contributed by atoms with Gasteiger partial charge in [-0.15, -0.1) is 5.10 Å². The molecule has 1 aromatic carbocycles. The molecule has 0 fully saturated rings. The third kappa shape index (κ3) is 2.44. The van der Waals surface area contributed by atoms with Gasteiger partial charge in [-0.05, 0) is 17.7 Å². The Kier molecular flexibility index (Phi) is 3.29. The van der Waals surface area contributed by atoms with Crippen LogP contribution >= 0.6 is 0 Å². The smallest absolute Gasteiger partial charge is 0.137 e. The van der Waals surface area contributed by atoms with Crippen LogP contribution in [0.1, 0.15) is 11.3 Å². The van der Waals surface area contributed by atoms with Crippen molar-refractivity contribution in [2.45, 2.75) is 13.1 Å². The van der Waals surface area contributed by atoms with Gasteiger partial charge in [-0.2, -0.15) is 5.10 Å². The third-order valence-corrected chi connectivity index (χ3v) is 4.42. The van der Waals surface area contributed by atoms with E-state index in [0.29, 0.717) is 13.1 Å². The minimum atomic E-state index is 0.509. The summed E-state index contributed by atoms with van der Waals surface area (Å²) in [5.41, 5.74) is 11.4. The number of imidazole rings is 1. The van der Waals surface area contributed by atoms with Crippen molar-refractivity contribution in [2.24, 2.45) is 5.73 Å². The summed E-state index contributed by atoms with van der Waals surface area (Å²) in [7, 11) is 0. The van der Waals surface area contributed by atoms with Crippen molar-refractivity contribution in [3.05, 3.63) is 66.4 Å². The van der Waals surface area contributed by atoms with E-state index in [-0.39, 0.29) is 0 Å². The summed E-state index contributed by atoms with van der Waals surface area (Å²) in [6.07, 6.45) is 7.72. The van der Waals surface area contributed by atoms with Crippen molar-refractivity contribution in [1.82, 2.24) is 34.6 Å². The van der Waals surface area contributed by atoms with Crippen molar-refractivity contribution < 1.29 is 0 Å². The lowest BCUT2D eigenvalue weighted by Crippen LogP contribution is -2.00. The Hall–Kier alpha value is -3.52. The summed E-state index contributed by atoms with van der Waals surface area (Å²) in [6, 6.07) is 9.95. The second-order valence-electron chi connectivity index (χ2n) is 6.18. The number of nitrogens with zero attached hydrogens (tertiary/aromatic N) is 6. The number of aromatic nitrogens is 7. The fourth-order valence-corrected chi connectivity index (χ4v) is 3.14. The number of nitrogens with one attached hydrogen (secondary N) is 1. The molecule has 4 heterocycles. The lowest BCUT2D eigenvalue weighted by atomic mass is 10.1. The minimum Gasteiger partial charge on any atom is -0.326 e. The van der Waals surface area contributed by atoms with Crippen LogP contribution in [0.2, 0.25) is 0 Å². The zero-order chi connectivity index (χ0) is 17.5. The van der Waals surface area contributed by atoms with Crippen LogP contribution in [-0.2, 0) is 13.1 Å². The first kappa shape index (κ1) is 14.8. The quantitative estimate of drug-likeness (QED) is 0.519. The van der Waals surface area contributed by atoms with Crippen LogP contribution in [0.25, 0.3) is 27.8 Å². The van der Waals surface area contributed by atoms with E-state index in [0.717, 1.165) is 39.1 Å². The molecule has 0 aliphatic rings. The van der Waals surface area contributed by atoms with Gasteiger partial charge in [0.05, 0.1) is 30.1 Å². The molecule has 5 aromatic rings. The Balaban J connectivity index is 1.46. The maximum atomic E-state index is 5.70. The Morgan fingerprint density at radius 2 is 2.04 bits per heavy atom. The lowest BCUT2D eigenvalue weighted by Gasteiger charge is -1.97. The summed E-state index contributed by atoms with van der Waals surface area (Å²) in [6.45, 7) is 1.06. The van der Waals surface area contributed by atoms with E-state index in [9.17, 15) is 0 Å². The molecule has 0 bridgehead atoms. The molecule has 0 spiro atoms. The number of hydrogen-bond donors (Lipinski definition) is 2. The molecule has 0 unspecified atom stereocenters. The monoisotopic (exact) mass is 344 g/mol. The zero-order valence-electron chi connectivity index (χ0n) is 13.9. The maximum Gasteiger partial charge on any atom is 0.137 e. The predicted molar refractivity (Wildman–Crippen MR) is 97.3 cm³/mol. The first-order chi connectivity index (χ1) is 12.8. The molecule has 0 amide bonds. The average molecular weight is 344 g/mol. The Morgan fingerprint density at radius 1 is 1.08 bits per heavy atom. The highest BCUT2D eigenvalue weighted by atomic mass is 15.4. The van der Waals surface area contributed by atoms with Crippen LogP contribution in [0.4, 0.5) is 0 Å². The molecule has 0 atom stereocenters. The summed E-state index contributed by atoms with van der Waals surface area (Å²) in [4.78, 5) is 4.63. The molecular formula is C18H16N8. The van der Waals surface area contributed by atoms with Gasteiger partial charge >= 0.3 is 0 Å². The Bertz CT molecular complexity index is 1210. The van der Waals surface area contributed by atoms with E-state index < -0.39 is 0 Å². The van der Waals surface area contributed by atoms with Gasteiger partial charge in [0, 0.05) is 29.9 Å². The van der Waals surface area contributed by atoms with Crippen LogP contribution in [0.15, 0.2) is 55.1 Å². The molecule has 0 radical (unpaired) electrons. The van der Waals surface area contributed by atoms with Gasteiger partial charge in [0.1, 0.15) is 11.3 Å². The van der Waals surface area contributed by atoms with E-state index in [1.54, 1.807) is 10.9 Å². The largest absolute Gasteiger partial charge is 0.326 e. The Morgan fingerprint density at radius 3 is 2.96 bits per heavy atom. The third-order valence-electron chi connectivity index (χ3n) is 4.42. The summed E-state index contributed by atoms with van der Waals surface area (Å²) in [5.74, 6) is 0. The molecule has 128 valence electrons. The molecule has 0 aliphatic heterocycles. The molecule has 4 aromatic heterocycles.